The first-order chi connectivity index (χ1) is 6.85. The van der Waals surface area contributed by atoms with E-state index in [1.807, 2.05) is 0 Å². The summed E-state index contributed by atoms with van der Waals surface area (Å²) in [6.07, 6.45) is 7.69. The van der Waals surface area contributed by atoms with Crippen LogP contribution in [0.2, 0.25) is 0 Å². The van der Waals surface area contributed by atoms with Crippen LogP contribution in [0.15, 0.2) is 0 Å². The Labute approximate surface area is 85.9 Å². The van der Waals surface area contributed by atoms with E-state index in [0.29, 0.717) is 13.2 Å². The number of rotatable bonds is 1. The van der Waals surface area contributed by atoms with Crippen molar-refractivity contribution in [3.8, 4) is 0 Å². The zero-order valence-electron chi connectivity index (χ0n) is 8.84. The van der Waals surface area contributed by atoms with Gasteiger partial charge in [-0.3, -0.25) is 0 Å². The first-order valence-electron chi connectivity index (χ1n) is 5.80. The predicted octanol–water partition coefficient (Wildman–Crippen LogP) is 1.45. The highest BCUT2D eigenvalue weighted by atomic mass is 16.6. The lowest BCUT2D eigenvalue weighted by Gasteiger charge is -2.40. The highest BCUT2D eigenvalue weighted by molar-refractivity contribution is 4.87. The predicted molar refractivity (Wildman–Crippen MR) is 55.2 cm³/mol. The van der Waals surface area contributed by atoms with Crippen LogP contribution in [-0.4, -0.2) is 31.5 Å². The Morgan fingerprint density at radius 2 is 1.86 bits per heavy atom. The minimum atomic E-state index is 0.0127. The molecule has 0 aromatic rings. The van der Waals surface area contributed by atoms with E-state index < -0.39 is 0 Å². The lowest BCUT2D eigenvalue weighted by Crippen LogP contribution is -2.49. The third-order valence-electron chi connectivity index (χ3n) is 3.36. The van der Waals surface area contributed by atoms with Crippen molar-refractivity contribution in [2.75, 3.05) is 19.8 Å². The van der Waals surface area contributed by atoms with E-state index in [1.165, 1.54) is 25.7 Å². The van der Waals surface area contributed by atoms with Crippen molar-refractivity contribution in [1.29, 1.82) is 0 Å². The number of hydrogen-bond donors (Lipinski definition) is 1. The van der Waals surface area contributed by atoms with Crippen molar-refractivity contribution in [3.63, 3.8) is 0 Å². The molecule has 0 radical (unpaired) electrons. The molecule has 82 valence electrons. The molecule has 14 heavy (non-hydrogen) atoms. The summed E-state index contributed by atoms with van der Waals surface area (Å²) in [6, 6.07) is 0. The molecule has 2 rings (SSSR count). The van der Waals surface area contributed by atoms with Crippen molar-refractivity contribution in [2.24, 2.45) is 5.73 Å². The van der Waals surface area contributed by atoms with Crippen LogP contribution in [0.1, 0.15) is 38.5 Å². The fourth-order valence-electron chi connectivity index (χ4n) is 2.55. The average Bonchev–Trinajstić information content (AvgIpc) is 2.44. The maximum atomic E-state index is 6.09. The van der Waals surface area contributed by atoms with E-state index in [2.05, 4.69) is 0 Å². The maximum absolute atomic E-state index is 6.09. The molecule has 2 N–H and O–H groups in total. The van der Waals surface area contributed by atoms with Crippen LogP contribution in [0.3, 0.4) is 0 Å². The van der Waals surface area contributed by atoms with Gasteiger partial charge in [0.05, 0.1) is 24.9 Å². The van der Waals surface area contributed by atoms with Crippen LogP contribution in [0.25, 0.3) is 0 Å². The van der Waals surface area contributed by atoms with Gasteiger partial charge < -0.3 is 15.2 Å². The van der Waals surface area contributed by atoms with Crippen molar-refractivity contribution < 1.29 is 9.47 Å². The molecule has 3 heteroatoms. The molecule has 1 aliphatic carbocycles. The molecule has 1 atom stereocenters. The van der Waals surface area contributed by atoms with Gasteiger partial charge in [0.1, 0.15) is 0 Å². The molecule has 2 fully saturated rings. The van der Waals surface area contributed by atoms with Gasteiger partial charge in [-0.15, -0.1) is 0 Å². The summed E-state index contributed by atoms with van der Waals surface area (Å²) in [5.74, 6) is 0. The van der Waals surface area contributed by atoms with Crippen molar-refractivity contribution in [2.45, 2.75) is 50.2 Å². The number of hydrogen-bond acceptors (Lipinski definition) is 3. The van der Waals surface area contributed by atoms with E-state index in [0.717, 1.165) is 19.4 Å². The van der Waals surface area contributed by atoms with Gasteiger partial charge >= 0.3 is 0 Å². The molecular formula is C11H21NO2. The van der Waals surface area contributed by atoms with Gasteiger partial charge in [-0.1, -0.05) is 25.7 Å². The minimum Gasteiger partial charge on any atom is -0.376 e. The third kappa shape index (κ3) is 2.27. The van der Waals surface area contributed by atoms with Crippen LogP contribution in [0.4, 0.5) is 0 Å². The molecule has 0 aromatic heterocycles. The molecule has 1 aliphatic heterocycles. The third-order valence-corrected chi connectivity index (χ3v) is 3.36. The maximum Gasteiger partial charge on any atom is 0.0939 e. The molecule has 2 aliphatic rings. The number of nitrogens with two attached hydrogens (primary N) is 1. The Bertz CT molecular complexity index is 176. The standard InChI is InChI=1S/C11H21NO2/c12-7-10-8-13-9-11(14-10)5-3-1-2-4-6-11/h10H,1-9,12H2. The smallest absolute Gasteiger partial charge is 0.0939 e. The quantitative estimate of drug-likeness (QED) is 0.695. The average molecular weight is 199 g/mol. The van der Waals surface area contributed by atoms with Gasteiger partial charge in [-0.25, -0.2) is 0 Å². The van der Waals surface area contributed by atoms with Crippen LogP contribution in [0, 0.1) is 0 Å². The molecule has 0 bridgehead atoms. The van der Waals surface area contributed by atoms with Crippen LogP contribution >= 0.6 is 0 Å². The van der Waals surface area contributed by atoms with Crippen LogP contribution < -0.4 is 5.73 Å². The Balaban J connectivity index is 1.97. The van der Waals surface area contributed by atoms with Gasteiger partial charge in [0.25, 0.3) is 0 Å². The second-order valence-electron chi connectivity index (χ2n) is 4.59. The van der Waals surface area contributed by atoms with Crippen LogP contribution in [-0.2, 0) is 9.47 Å². The minimum absolute atomic E-state index is 0.0127. The molecule has 1 unspecified atom stereocenters. The normalized spacial score (nSPS) is 32.8. The van der Waals surface area contributed by atoms with E-state index in [1.54, 1.807) is 0 Å². The number of ether oxygens (including phenoxy) is 2. The Morgan fingerprint density at radius 3 is 2.50 bits per heavy atom. The molecule has 1 heterocycles. The fraction of sp³-hybridized carbons (Fsp3) is 1.00. The van der Waals surface area contributed by atoms with E-state index in [4.69, 9.17) is 15.2 Å². The molecular weight excluding hydrogens is 178 g/mol. The van der Waals surface area contributed by atoms with Crippen molar-refractivity contribution in [1.82, 2.24) is 0 Å². The topological polar surface area (TPSA) is 44.5 Å². The fourth-order valence-corrected chi connectivity index (χ4v) is 2.55. The highest BCUT2D eigenvalue weighted by Crippen LogP contribution is 2.33. The summed E-state index contributed by atoms with van der Waals surface area (Å²) in [4.78, 5) is 0. The van der Waals surface area contributed by atoms with Crippen molar-refractivity contribution >= 4 is 0 Å². The van der Waals surface area contributed by atoms with Gasteiger partial charge in [-0.05, 0) is 12.8 Å². The summed E-state index contributed by atoms with van der Waals surface area (Å²) >= 11 is 0. The van der Waals surface area contributed by atoms with Gasteiger partial charge in [0.15, 0.2) is 0 Å². The summed E-state index contributed by atoms with van der Waals surface area (Å²) < 4.78 is 11.7. The molecule has 1 saturated heterocycles. The molecule has 1 saturated carbocycles. The van der Waals surface area contributed by atoms with Gasteiger partial charge in [-0.2, -0.15) is 0 Å². The highest BCUT2D eigenvalue weighted by Gasteiger charge is 2.37. The van der Waals surface area contributed by atoms with E-state index >= 15 is 0 Å². The largest absolute Gasteiger partial charge is 0.376 e. The summed E-state index contributed by atoms with van der Waals surface area (Å²) in [7, 11) is 0. The molecule has 0 amide bonds. The first kappa shape index (κ1) is 10.4. The zero-order chi connectivity index (χ0) is 9.86. The lowest BCUT2D eigenvalue weighted by molar-refractivity contribution is -0.200. The first-order valence-corrected chi connectivity index (χ1v) is 5.80. The van der Waals surface area contributed by atoms with E-state index in [9.17, 15) is 0 Å². The monoisotopic (exact) mass is 199 g/mol. The summed E-state index contributed by atoms with van der Waals surface area (Å²) in [5, 5.41) is 0. The second-order valence-corrected chi connectivity index (χ2v) is 4.59. The van der Waals surface area contributed by atoms with Gasteiger partial charge in [0.2, 0.25) is 0 Å². The Hall–Kier alpha value is -0.120. The molecule has 1 spiro atoms. The van der Waals surface area contributed by atoms with E-state index in [-0.39, 0.29) is 11.7 Å². The second kappa shape index (κ2) is 4.60. The van der Waals surface area contributed by atoms with Crippen LogP contribution in [0.5, 0.6) is 0 Å². The lowest BCUT2D eigenvalue weighted by atomic mass is 9.94. The summed E-state index contributed by atoms with van der Waals surface area (Å²) in [5.41, 5.74) is 5.64. The van der Waals surface area contributed by atoms with Gasteiger partial charge in [0, 0.05) is 6.54 Å². The zero-order valence-corrected chi connectivity index (χ0v) is 8.84. The summed E-state index contributed by atoms with van der Waals surface area (Å²) in [6.45, 7) is 2.05. The molecule has 3 nitrogen and oxygen atoms in total. The molecule has 0 aromatic carbocycles. The Morgan fingerprint density at radius 1 is 1.14 bits per heavy atom. The van der Waals surface area contributed by atoms with Crippen molar-refractivity contribution in [3.05, 3.63) is 0 Å². The Kier molecular flexibility index (Phi) is 3.42. The SMILES string of the molecule is NCC1COCC2(CCCCCC2)O1.